The maximum Gasteiger partial charge on any atom is 0.333 e. The van der Waals surface area contributed by atoms with Crippen molar-refractivity contribution in [3.8, 4) is 0 Å². The first-order chi connectivity index (χ1) is 16.3. The highest BCUT2D eigenvalue weighted by molar-refractivity contribution is 7.89. The summed E-state index contributed by atoms with van der Waals surface area (Å²) in [5.41, 5.74) is 3.34. The minimum atomic E-state index is -3.70. The number of ether oxygens (including phenoxy) is 1. The van der Waals surface area contributed by atoms with E-state index >= 15 is 0 Å². The second-order valence-electron chi connectivity index (χ2n) is 7.78. The highest BCUT2D eigenvalue weighted by Gasteiger charge is 2.19. The zero-order chi connectivity index (χ0) is 24.6. The fraction of sp³-hybridized carbons (Fsp3) is 0.231. The summed E-state index contributed by atoms with van der Waals surface area (Å²) in [5.74, 6) is -0.479. The lowest BCUT2D eigenvalue weighted by Gasteiger charge is -2.19. The van der Waals surface area contributed by atoms with Crippen molar-refractivity contribution in [1.82, 2.24) is 9.71 Å². The van der Waals surface area contributed by atoms with Crippen molar-refractivity contribution >= 4 is 33.7 Å². The van der Waals surface area contributed by atoms with Gasteiger partial charge in [0.1, 0.15) is 0 Å². The lowest BCUT2D eigenvalue weighted by molar-refractivity contribution is -0.138. The van der Waals surface area contributed by atoms with E-state index in [1.807, 2.05) is 36.4 Å². The number of sulfonamides is 1. The topological polar surface area (TPSA) is 85.4 Å². The number of carbonyl (C=O) groups is 1. The fourth-order valence-electron chi connectivity index (χ4n) is 3.44. The maximum atomic E-state index is 12.8. The molecule has 0 bridgehead atoms. The molecule has 0 amide bonds. The molecule has 0 aliphatic heterocycles. The molecule has 2 aromatic carbocycles. The third-order valence-corrected chi connectivity index (χ3v) is 6.93. The minimum Gasteiger partial charge on any atom is -0.463 e. The Balaban J connectivity index is 1.81. The molecule has 3 rings (SSSR count). The molecule has 1 atom stereocenters. The molecule has 8 heteroatoms. The van der Waals surface area contributed by atoms with Crippen molar-refractivity contribution in [1.29, 1.82) is 0 Å². The lowest BCUT2D eigenvalue weighted by atomic mass is 9.92. The summed E-state index contributed by atoms with van der Waals surface area (Å²) < 4.78 is 33.4. The van der Waals surface area contributed by atoms with Gasteiger partial charge in [0.05, 0.1) is 11.5 Å². The van der Waals surface area contributed by atoms with Crippen molar-refractivity contribution in [2.24, 2.45) is 0 Å². The van der Waals surface area contributed by atoms with Crippen LogP contribution in [0, 0.1) is 0 Å². The Labute approximate surface area is 205 Å². The predicted octanol–water partition coefficient (Wildman–Crippen LogP) is 5.01. The number of nitrogens with zero attached hydrogens (tertiary/aromatic N) is 1. The molecule has 0 spiro atoms. The van der Waals surface area contributed by atoms with E-state index in [2.05, 4.69) is 9.71 Å². The molecular formula is C26H27ClN2O4S. The summed E-state index contributed by atoms with van der Waals surface area (Å²) in [5, 5.41) is 0.473. The quantitative estimate of drug-likeness (QED) is 0.314. The van der Waals surface area contributed by atoms with Crippen LogP contribution < -0.4 is 4.72 Å². The number of benzene rings is 2. The Morgan fingerprint density at radius 1 is 1.12 bits per heavy atom. The van der Waals surface area contributed by atoms with Crippen molar-refractivity contribution in [2.75, 3.05) is 13.2 Å². The Kier molecular flexibility index (Phi) is 8.98. The number of aromatic nitrogens is 1. The highest BCUT2D eigenvalue weighted by atomic mass is 35.5. The van der Waals surface area contributed by atoms with Crippen LogP contribution in [0.15, 0.2) is 83.5 Å². The highest BCUT2D eigenvalue weighted by Crippen LogP contribution is 2.23. The van der Waals surface area contributed by atoms with E-state index in [0.29, 0.717) is 23.6 Å². The fourth-order valence-corrected chi connectivity index (χ4v) is 4.64. The summed E-state index contributed by atoms with van der Waals surface area (Å²) in [6, 6.07) is 17.6. The van der Waals surface area contributed by atoms with Crippen LogP contribution in [0.3, 0.4) is 0 Å². The van der Waals surface area contributed by atoms with E-state index in [0.717, 1.165) is 16.7 Å². The molecule has 3 aromatic rings. The van der Waals surface area contributed by atoms with Crippen molar-refractivity contribution < 1.29 is 17.9 Å². The summed E-state index contributed by atoms with van der Waals surface area (Å²) in [4.78, 5) is 16.2. The van der Waals surface area contributed by atoms with Gasteiger partial charge in [-0.2, -0.15) is 0 Å². The van der Waals surface area contributed by atoms with Gasteiger partial charge in [-0.3, -0.25) is 4.98 Å². The average Bonchev–Trinajstić information content (AvgIpc) is 2.83. The number of hydrogen-bond donors (Lipinski definition) is 1. The number of halogens is 1. The number of carbonyl (C=O) groups excluding carboxylic acids is 1. The molecule has 1 N–H and O–H groups in total. The van der Waals surface area contributed by atoms with Crippen LogP contribution >= 0.6 is 11.6 Å². The van der Waals surface area contributed by atoms with Crippen molar-refractivity contribution in [3.63, 3.8) is 0 Å². The molecule has 0 aliphatic carbocycles. The first-order valence-corrected chi connectivity index (χ1v) is 12.7. The van der Waals surface area contributed by atoms with Gasteiger partial charge < -0.3 is 4.74 Å². The first kappa shape index (κ1) is 25.6. The van der Waals surface area contributed by atoms with Crippen molar-refractivity contribution in [3.05, 3.63) is 100 Å². The van der Waals surface area contributed by atoms with Crippen LogP contribution in [-0.2, 0) is 26.0 Å². The normalized spacial score (nSPS) is 12.9. The number of esters is 1. The molecular weight excluding hydrogens is 472 g/mol. The smallest absolute Gasteiger partial charge is 0.333 e. The lowest BCUT2D eigenvalue weighted by Crippen LogP contribution is -2.29. The number of rotatable bonds is 10. The molecule has 178 valence electrons. The van der Waals surface area contributed by atoms with Gasteiger partial charge in [-0.25, -0.2) is 17.9 Å². The zero-order valence-electron chi connectivity index (χ0n) is 19.1. The van der Waals surface area contributed by atoms with E-state index in [9.17, 15) is 13.2 Å². The van der Waals surface area contributed by atoms with Gasteiger partial charge in [-0.05, 0) is 73.4 Å². The average molecular weight is 499 g/mol. The molecule has 0 radical (unpaired) electrons. The van der Waals surface area contributed by atoms with E-state index in [1.54, 1.807) is 44.4 Å². The second-order valence-corrected chi connectivity index (χ2v) is 9.99. The number of pyridine rings is 1. The maximum absolute atomic E-state index is 12.8. The molecule has 1 heterocycles. The first-order valence-electron chi connectivity index (χ1n) is 10.9. The molecule has 1 unspecified atom stereocenters. The Bertz CT molecular complexity index is 1230. The summed E-state index contributed by atoms with van der Waals surface area (Å²) in [6.07, 6.45) is 5.85. The van der Waals surface area contributed by atoms with Crippen LogP contribution in [0.5, 0.6) is 0 Å². The monoisotopic (exact) mass is 498 g/mol. The van der Waals surface area contributed by atoms with Crippen molar-refractivity contribution in [2.45, 2.75) is 31.1 Å². The number of hydrogen-bond acceptors (Lipinski definition) is 5. The standard InChI is InChI=1S/C26H27ClN2O4S/c1-3-33-26(30)19(2)15-20-6-8-22(9-7-20)23(16-21-5-4-14-28-17-21)18-29-34(31,32)25-12-10-24(27)11-13-25/h4-15,17,23,29H,3,16,18H2,1-2H3. The van der Waals surface area contributed by atoms with Gasteiger partial charge in [-0.1, -0.05) is 41.9 Å². The van der Waals surface area contributed by atoms with Gasteiger partial charge in [0.2, 0.25) is 10.0 Å². The van der Waals surface area contributed by atoms with E-state index in [-0.39, 0.29) is 23.3 Å². The number of nitrogens with one attached hydrogen (secondary N) is 1. The van der Waals surface area contributed by atoms with Crippen LogP contribution in [0.2, 0.25) is 5.02 Å². The van der Waals surface area contributed by atoms with Crippen LogP contribution in [0.4, 0.5) is 0 Å². The van der Waals surface area contributed by atoms with Gasteiger partial charge >= 0.3 is 5.97 Å². The van der Waals surface area contributed by atoms with Gasteiger partial charge in [0.15, 0.2) is 0 Å². The van der Waals surface area contributed by atoms with Gasteiger partial charge in [0, 0.05) is 35.5 Å². The molecule has 0 saturated carbocycles. The molecule has 6 nitrogen and oxygen atoms in total. The summed E-state index contributed by atoms with van der Waals surface area (Å²) in [7, 11) is -3.70. The molecule has 0 aliphatic rings. The SMILES string of the molecule is CCOC(=O)C(C)=Cc1ccc(C(CNS(=O)(=O)c2ccc(Cl)cc2)Cc2cccnc2)cc1. The molecule has 34 heavy (non-hydrogen) atoms. The minimum absolute atomic E-state index is 0.129. The van der Waals surface area contributed by atoms with E-state index in [1.165, 1.54) is 12.1 Å². The Morgan fingerprint density at radius 2 is 1.82 bits per heavy atom. The van der Waals surface area contributed by atoms with Crippen LogP contribution in [0.1, 0.15) is 36.5 Å². The Morgan fingerprint density at radius 3 is 2.44 bits per heavy atom. The molecule has 0 fully saturated rings. The van der Waals surface area contributed by atoms with Crippen LogP contribution in [0.25, 0.3) is 6.08 Å². The Hall–Kier alpha value is -3.00. The summed E-state index contributed by atoms with van der Waals surface area (Å²) >= 11 is 5.89. The zero-order valence-corrected chi connectivity index (χ0v) is 20.6. The molecule has 1 aromatic heterocycles. The van der Waals surface area contributed by atoms with Crippen LogP contribution in [-0.4, -0.2) is 32.5 Å². The third-order valence-electron chi connectivity index (χ3n) is 5.24. The molecule has 0 saturated heterocycles. The van der Waals surface area contributed by atoms with Gasteiger partial charge in [-0.15, -0.1) is 0 Å². The predicted molar refractivity (Wildman–Crippen MR) is 134 cm³/mol. The van der Waals surface area contributed by atoms with E-state index in [4.69, 9.17) is 16.3 Å². The third kappa shape index (κ3) is 7.25. The summed E-state index contributed by atoms with van der Waals surface area (Å²) in [6.45, 7) is 4.01. The second kappa shape index (κ2) is 11.9. The van der Waals surface area contributed by atoms with Gasteiger partial charge in [0.25, 0.3) is 0 Å². The van der Waals surface area contributed by atoms with E-state index < -0.39 is 10.0 Å². The largest absolute Gasteiger partial charge is 0.463 e.